The number of H-pyrrole nitrogens is 1. The predicted molar refractivity (Wildman–Crippen MR) is 118 cm³/mol. The van der Waals surface area contributed by atoms with Gasteiger partial charge in [0.2, 0.25) is 0 Å². The first-order chi connectivity index (χ1) is 16.1. The highest BCUT2D eigenvalue weighted by atomic mass is 19.2. The fourth-order valence-electron chi connectivity index (χ4n) is 3.56. The van der Waals surface area contributed by atoms with Crippen molar-refractivity contribution in [2.75, 3.05) is 13.2 Å². The van der Waals surface area contributed by atoms with Gasteiger partial charge in [-0.1, -0.05) is 18.2 Å². The molecule has 0 saturated heterocycles. The number of hydrogen-bond donors (Lipinski definition) is 2. The molecule has 0 aliphatic carbocycles. The molecule has 1 aliphatic heterocycles. The van der Waals surface area contributed by atoms with Gasteiger partial charge in [-0.25, -0.2) is 8.78 Å². The largest absolute Gasteiger partial charge is 0.486 e. The van der Waals surface area contributed by atoms with Gasteiger partial charge in [0.05, 0.1) is 11.4 Å². The van der Waals surface area contributed by atoms with Crippen LogP contribution in [-0.2, 0) is 6.54 Å². The highest BCUT2D eigenvalue weighted by Gasteiger charge is 2.14. The standard InChI is InChI=1S/C25H19F2N3O3/c26-19-7-1-15(11-20(19)27)14-28-25(31)17-4-2-16(3-5-17)21-13-22(30-29-21)18-6-8-23-24(12-18)33-10-9-32-23/h1-8,11-13H,9-10,14H2,(H,28,31)(H,29,30). The van der Waals surface area contributed by atoms with Crippen molar-refractivity contribution in [3.8, 4) is 34.0 Å². The number of fused-ring (bicyclic) bond motifs is 1. The molecule has 1 aromatic heterocycles. The van der Waals surface area contributed by atoms with E-state index in [4.69, 9.17) is 9.47 Å². The molecule has 0 saturated carbocycles. The first-order valence-corrected chi connectivity index (χ1v) is 10.3. The Morgan fingerprint density at radius 1 is 0.879 bits per heavy atom. The lowest BCUT2D eigenvalue weighted by atomic mass is 10.1. The van der Waals surface area contributed by atoms with Gasteiger partial charge in [-0.3, -0.25) is 9.89 Å². The summed E-state index contributed by atoms with van der Waals surface area (Å²) < 4.78 is 37.5. The van der Waals surface area contributed by atoms with Gasteiger partial charge >= 0.3 is 0 Å². The van der Waals surface area contributed by atoms with Crippen LogP contribution in [0, 0.1) is 11.6 Å². The van der Waals surface area contributed by atoms with E-state index in [9.17, 15) is 13.6 Å². The second-order valence-electron chi connectivity index (χ2n) is 7.53. The Kier molecular flexibility index (Phi) is 5.48. The number of nitrogens with one attached hydrogen (secondary N) is 2. The minimum absolute atomic E-state index is 0.0945. The summed E-state index contributed by atoms with van der Waals surface area (Å²) in [6.07, 6.45) is 0. The summed E-state index contributed by atoms with van der Waals surface area (Å²) in [5.74, 6) is -0.757. The molecule has 4 aromatic rings. The summed E-state index contributed by atoms with van der Waals surface area (Å²) in [6, 6.07) is 18.2. The van der Waals surface area contributed by atoms with Crippen LogP contribution in [0.3, 0.4) is 0 Å². The van der Waals surface area contributed by atoms with Crippen molar-refractivity contribution < 1.29 is 23.0 Å². The summed E-state index contributed by atoms with van der Waals surface area (Å²) in [6.45, 7) is 1.15. The summed E-state index contributed by atoms with van der Waals surface area (Å²) in [5, 5.41) is 10.1. The second kappa shape index (κ2) is 8.74. The Morgan fingerprint density at radius 3 is 2.42 bits per heavy atom. The van der Waals surface area contributed by atoms with E-state index in [0.717, 1.165) is 40.4 Å². The molecule has 1 aliphatic rings. The molecule has 166 valence electrons. The average molecular weight is 447 g/mol. The molecule has 8 heteroatoms. The molecule has 2 heterocycles. The van der Waals surface area contributed by atoms with Gasteiger partial charge in [-0.2, -0.15) is 5.10 Å². The zero-order valence-corrected chi connectivity index (χ0v) is 17.4. The van der Waals surface area contributed by atoms with E-state index in [1.54, 1.807) is 12.1 Å². The van der Waals surface area contributed by atoms with Crippen LogP contribution in [0.15, 0.2) is 66.7 Å². The van der Waals surface area contributed by atoms with Gasteiger partial charge in [0.1, 0.15) is 13.2 Å². The Hall–Kier alpha value is -4.20. The number of amides is 1. The number of nitrogens with zero attached hydrogens (tertiary/aromatic N) is 1. The van der Waals surface area contributed by atoms with Crippen LogP contribution in [-0.4, -0.2) is 29.3 Å². The normalized spacial score (nSPS) is 12.4. The Labute approximate surface area is 188 Å². The van der Waals surface area contributed by atoms with Gasteiger partial charge in [-0.15, -0.1) is 0 Å². The molecule has 0 radical (unpaired) electrons. The van der Waals surface area contributed by atoms with Gasteiger partial charge in [0.15, 0.2) is 23.1 Å². The number of benzene rings is 3. The van der Waals surface area contributed by atoms with Crippen LogP contribution >= 0.6 is 0 Å². The van der Waals surface area contributed by atoms with Gasteiger partial charge in [0.25, 0.3) is 5.91 Å². The van der Waals surface area contributed by atoms with Crippen molar-refractivity contribution >= 4 is 5.91 Å². The number of aromatic amines is 1. The Morgan fingerprint density at radius 2 is 1.64 bits per heavy atom. The maximum atomic E-state index is 13.3. The minimum Gasteiger partial charge on any atom is -0.486 e. The van der Waals surface area contributed by atoms with Crippen molar-refractivity contribution in [3.63, 3.8) is 0 Å². The topological polar surface area (TPSA) is 76.2 Å². The molecule has 33 heavy (non-hydrogen) atoms. The third-order valence-electron chi connectivity index (χ3n) is 5.31. The highest BCUT2D eigenvalue weighted by molar-refractivity contribution is 5.94. The molecule has 0 spiro atoms. The Balaban J connectivity index is 1.26. The lowest BCUT2D eigenvalue weighted by Crippen LogP contribution is -2.22. The summed E-state index contributed by atoms with van der Waals surface area (Å²) in [7, 11) is 0. The zero-order chi connectivity index (χ0) is 22.8. The van der Waals surface area contributed by atoms with Crippen LogP contribution in [0.25, 0.3) is 22.5 Å². The quantitative estimate of drug-likeness (QED) is 0.464. The third kappa shape index (κ3) is 4.41. The number of halogens is 2. The highest BCUT2D eigenvalue weighted by Crippen LogP contribution is 2.34. The minimum atomic E-state index is -0.943. The van der Waals surface area contributed by atoms with Crippen LogP contribution in [0.1, 0.15) is 15.9 Å². The lowest BCUT2D eigenvalue weighted by molar-refractivity contribution is 0.0951. The molecular formula is C25H19F2N3O3. The molecule has 0 atom stereocenters. The van der Waals surface area contributed by atoms with E-state index in [1.165, 1.54) is 6.07 Å². The molecule has 5 rings (SSSR count). The smallest absolute Gasteiger partial charge is 0.251 e. The average Bonchev–Trinajstić information content (AvgIpc) is 3.35. The van der Waals surface area contributed by atoms with Gasteiger partial charge in [0, 0.05) is 17.7 Å². The molecule has 2 N–H and O–H groups in total. The number of carbonyl (C=O) groups excluding carboxylic acids is 1. The molecule has 0 fully saturated rings. The van der Waals surface area contributed by atoms with E-state index in [0.29, 0.717) is 30.1 Å². The first kappa shape index (κ1) is 20.7. The van der Waals surface area contributed by atoms with E-state index in [1.807, 2.05) is 36.4 Å². The van der Waals surface area contributed by atoms with Crippen LogP contribution < -0.4 is 14.8 Å². The van der Waals surface area contributed by atoms with Crippen molar-refractivity contribution in [2.24, 2.45) is 0 Å². The van der Waals surface area contributed by atoms with E-state index in [-0.39, 0.29) is 12.5 Å². The van der Waals surface area contributed by atoms with E-state index >= 15 is 0 Å². The van der Waals surface area contributed by atoms with E-state index < -0.39 is 11.6 Å². The monoisotopic (exact) mass is 447 g/mol. The van der Waals surface area contributed by atoms with Crippen molar-refractivity contribution in [1.82, 2.24) is 15.5 Å². The van der Waals surface area contributed by atoms with Crippen LogP contribution in [0.5, 0.6) is 11.5 Å². The fourth-order valence-corrected chi connectivity index (χ4v) is 3.56. The molecule has 1 amide bonds. The number of ether oxygens (including phenoxy) is 2. The van der Waals surface area contributed by atoms with Gasteiger partial charge in [-0.05, 0) is 59.7 Å². The van der Waals surface area contributed by atoms with Crippen molar-refractivity contribution in [2.45, 2.75) is 6.54 Å². The molecule has 0 unspecified atom stereocenters. The van der Waals surface area contributed by atoms with Crippen LogP contribution in [0.4, 0.5) is 8.78 Å². The number of aromatic nitrogens is 2. The predicted octanol–water partition coefficient (Wildman–Crippen LogP) is 4.72. The number of carbonyl (C=O) groups is 1. The Bertz CT molecular complexity index is 1320. The molecular weight excluding hydrogens is 428 g/mol. The third-order valence-corrected chi connectivity index (χ3v) is 5.31. The van der Waals surface area contributed by atoms with Crippen molar-refractivity contribution in [3.05, 3.63) is 89.5 Å². The fraction of sp³-hybridized carbons (Fsp3) is 0.120. The van der Waals surface area contributed by atoms with Crippen molar-refractivity contribution in [1.29, 1.82) is 0 Å². The summed E-state index contributed by atoms with van der Waals surface area (Å²) >= 11 is 0. The van der Waals surface area contributed by atoms with Gasteiger partial charge < -0.3 is 14.8 Å². The first-order valence-electron chi connectivity index (χ1n) is 10.3. The van der Waals surface area contributed by atoms with Crippen LogP contribution in [0.2, 0.25) is 0 Å². The number of rotatable bonds is 5. The summed E-state index contributed by atoms with van der Waals surface area (Å²) in [5.41, 5.74) is 4.25. The summed E-state index contributed by atoms with van der Waals surface area (Å²) in [4.78, 5) is 12.4. The molecule has 3 aromatic carbocycles. The molecule has 6 nitrogen and oxygen atoms in total. The second-order valence-corrected chi connectivity index (χ2v) is 7.53. The maximum absolute atomic E-state index is 13.3. The maximum Gasteiger partial charge on any atom is 0.251 e. The van der Waals surface area contributed by atoms with E-state index in [2.05, 4.69) is 15.5 Å². The molecule has 0 bridgehead atoms. The number of hydrogen-bond acceptors (Lipinski definition) is 4. The zero-order valence-electron chi connectivity index (χ0n) is 17.4. The SMILES string of the molecule is O=C(NCc1ccc(F)c(F)c1)c1ccc(-c2cc(-c3ccc4c(c3)OCCO4)n[nH]2)cc1. The lowest BCUT2D eigenvalue weighted by Gasteiger charge is -2.18.